The third-order valence-electron chi connectivity index (χ3n) is 7.88. The third-order valence-corrected chi connectivity index (χ3v) is 7.88. The van der Waals surface area contributed by atoms with E-state index in [0.717, 1.165) is 0 Å². The number of nitrogens with zero attached hydrogens (tertiary/aromatic N) is 4. The molecule has 4 N–H and O–H groups in total. The number of nitrogen functional groups attached to an aromatic ring is 1. The maximum Gasteiger partial charge on any atom is 0.394 e. The monoisotopic (exact) mass is 581 g/mol. The van der Waals surface area contributed by atoms with Crippen molar-refractivity contribution >= 4 is 28.8 Å². The van der Waals surface area contributed by atoms with Crippen molar-refractivity contribution in [3.8, 4) is 28.1 Å². The van der Waals surface area contributed by atoms with Crippen LogP contribution in [0.3, 0.4) is 0 Å². The zero-order valence-electron chi connectivity index (χ0n) is 22.1. The largest absolute Gasteiger partial charge is 0.496 e. The van der Waals surface area contributed by atoms with Gasteiger partial charge in [-0.1, -0.05) is 24.8 Å². The molecule has 7 rings (SSSR count). The summed E-state index contributed by atoms with van der Waals surface area (Å²) in [7, 11) is 1.38. The summed E-state index contributed by atoms with van der Waals surface area (Å²) in [6, 6.07) is 11.2. The van der Waals surface area contributed by atoms with Crippen LogP contribution in [0.5, 0.6) is 5.75 Å². The van der Waals surface area contributed by atoms with Crippen molar-refractivity contribution in [3.63, 3.8) is 0 Å². The number of methoxy groups -OCH3 is 1. The van der Waals surface area contributed by atoms with E-state index < -0.39 is 34.8 Å². The maximum atomic E-state index is 13.3. The van der Waals surface area contributed by atoms with Gasteiger partial charge in [0.1, 0.15) is 23.3 Å². The fourth-order valence-corrected chi connectivity index (χ4v) is 5.87. The van der Waals surface area contributed by atoms with E-state index in [2.05, 4.69) is 32.4 Å². The number of carbonyl (C=O) groups excluding carboxylic acids is 2. The Morgan fingerprint density at radius 3 is 2.38 bits per heavy atom. The van der Waals surface area contributed by atoms with Crippen LogP contribution in [0.15, 0.2) is 61.2 Å². The highest BCUT2D eigenvalue weighted by Gasteiger charge is 2.79. The van der Waals surface area contributed by atoms with Crippen LogP contribution in [-0.2, 0) is 4.79 Å². The quantitative estimate of drug-likeness (QED) is 0.213. The predicted molar refractivity (Wildman–Crippen MR) is 144 cm³/mol. The highest BCUT2D eigenvalue weighted by molar-refractivity contribution is 6.02. The van der Waals surface area contributed by atoms with Gasteiger partial charge in [-0.2, -0.15) is 13.2 Å². The third kappa shape index (κ3) is 4.21. The number of halogens is 4. The van der Waals surface area contributed by atoms with Crippen molar-refractivity contribution < 1.29 is 31.9 Å². The first-order chi connectivity index (χ1) is 19.9. The molecule has 0 saturated heterocycles. The van der Waals surface area contributed by atoms with Gasteiger partial charge in [-0.25, -0.2) is 9.37 Å². The zero-order chi connectivity index (χ0) is 30.0. The van der Waals surface area contributed by atoms with E-state index in [1.165, 1.54) is 24.1 Å². The van der Waals surface area contributed by atoms with E-state index in [1.807, 2.05) is 0 Å². The number of hydrogen-bond acceptors (Lipinski definition) is 7. The summed E-state index contributed by atoms with van der Waals surface area (Å²) in [5.41, 5.74) is 6.59. The Labute approximate surface area is 235 Å². The molecule has 0 unspecified atom stereocenters. The van der Waals surface area contributed by atoms with E-state index in [9.17, 15) is 27.2 Å². The van der Waals surface area contributed by atoms with Crippen LogP contribution in [0, 0.1) is 5.41 Å². The number of anilines is 2. The van der Waals surface area contributed by atoms with E-state index in [-0.39, 0.29) is 36.4 Å². The molecule has 3 aliphatic carbocycles. The Balaban J connectivity index is 1.34. The van der Waals surface area contributed by atoms with Crippen molar-refractivity contribution in [1.29, 1.82) is 0 Å². The topological polar surface area (TPSA) is 137 Å². The lowest BCUT2D eigenvalue weighted by atomic mass is 9.39. The molecule has 2 aromatic heterocycles. The first-order valence-corrected chi connectivity index (χ1v) is 12.7. The van der Waals surface area contributed by atoms with Crippen molar-refractivity contribution in [2.45, 2.75) is 31.0 Å². The van der Waals surface area contributed by atoms with Crippen LogP contribution < -0.4 is 21.1 Å². The van der Waals surface area contributed by atoms with Crippen LogP contribution >= 0.6 is 0 Å². The number of amides is 2. The molecule has 10 nitrogen and oxygen atoms in total. The molecule has 0 aliphatic heterocycles. The summed E-state index contributed by atoms with van der Waals surface area (Å²) in [4.78, 5) is 28.8. The van der Waals surface area contributed by atoms with Crippen LogP contribution in [-0.4, -0.2) is 50.5 Å². The molecule has 0 atom stereocenters. The second-order valence-electron chi connectivity index (χ2n) is 10.6. The average molecular weight is 582 g/mol. The van der Waals surface area contributed by atoms with Crippen molar-refractivity contribution in [2.24, 2.45) is 5.41 Å². The highest BCUT2D eigenvalue weighted by atomic mass is 19.4. The summed E-state index contributed by atoms with van der Waals surface area (Å²) >= 11 is 0. The summed E-state index contributed by atoms with van der Waals surface area (Å²) in [6.07, 6.45) is -3.44. The Hall–Kier alpha value is -5.01. The van der Waals surface area contributed by atoms with Crippen LogP contribution in [0.4, 0.5) is 29.1 Å². The standard InChI is InChI=1S/C28H23F4N7O3/c1-14(29)24(40)36-17-6-3-15(4-7-17)21-20(22-23(33)34-13-35-39(22)38-21)16-5-8-18(19(9-16)42-2)25(41)37-27-10-26(11-27,12-27)28(30,31)32/h3-9,13H,1,10-12H2,2H3,(H,36,40)(H,37,41)(H2,33,34,35). The Morgan fingerprint density at radius 2 is 1.76 bits per heavy atom. The second-order valence-corrected chi connectivity index (χ2v) is 10.6. The van der Waals surface area contributed by atoms with Gasteiger partial charge < -0.3 is 21.1 Å². The van der Waals surface area contributed by atoms with Crippen molar-refractivity contribution in [1.82, 2.24) is 25.1 Å². The number of alkyl halides is 3. The van der Waals surface area contributed by atoms with Gasteiger partial charge in [0.05, 0.1) is 18.1 Å². The minimum Gasteiger partial charge on any atom is -0.496 e. The molecule has 2 aromatic carbocycles. The molecular weight excluding hydrogens is 558 g/mol. The van der Waals surface area contributed by atoms with Gasteiger partial charge in [-0.05, 0) is 49.1 Å². The molecule has 0 radical (unpaired) electrons. The fourth-order valence-electron chi connectivity index (χ4n) is 5.87. The number of ether oxygens (including phenoxy) is 1. The molecule has 3 saturated carbocycles. The molecule has 42 heavy (non-hydrogen) atoms. The number of aromatic nitrogens is 4. The number of carbonyl (C=O) groups is 2. The maximum absolute atomic E-state index is 13.3. The van der Waals surface area contributed by atoms with Gasteiger partial charge in [-0.15, -0.1) is 14.8 Å². The Kier molecular flexibility index (Phi) is 5.99. The highest BCUT2D eigenvalue weighted by Crippen LogP contribution is 2.73. The smallest absolute Gasteiger partial charge is 0.394 e. The summed E-state index contributed by atoms with van der Waals surface area (Å²) in [5.74, 6) is -2.31. The van der Waals surface area contributed by atoms with Gasteiger partial charge in [0.15, 0.2) is 11.6 Å². The van der Waals surface area contributed by atoms with Gasteiger partial charge >= 0.3 is 6.18 Å². The van der Waals surface area contributed by atoms with Crippen molar-refractivity contribution in [2.75, 3.05) is 18.2 Å². The van der Waals surface area contributed by atoms with E-state index in [4.69, 9.17) is 10.5 Å². The summed E-state index contributed by atoms with van der Waals surface area (Å²) in [6.45, 7) is 2.97. The number of nitrogens with one attached hydrogen (secondary N) is 2. The zero-order valence-corrected chi connectivity index (χ0v) is 22.1. The van der Waals surface area contributed by atoms with E-state index >= 15 is 0 Å². The lowest BCUT2D eigenvalue weighted by Crippen LogP contribution is -2.78. The predicted octanol–water partition coefficient (Wildman–Crippen LogP) is 4.69. The van der Waals surface area contributed by atoms with E-state index in [1.54, 1.807) is 36.4 Å². The molecule has 0 spiro atoms. The second kappa shape index (κ2) is 9.26. The number of fused-ring (bicyclic) bond motifs is 1. The number of nitrogens with two attached hydrogens (primary N) is 1. The molecule has 3 aliphatic rings. The molecular formula is C28H23F4N7O3. The molecule has 2 heterocycles. The molecule has 4 aromatic rings. The first-order valence-electron chi connectivity index (χ1n) is 12.7. The lowest BCUT2D eigenvalue weighted by Gasteiger charge is -2.70. The van der Waals surface area contributed by atoms with Gasteiger partial charge in [-0.3, -0.25) is 9.59 Å². The minimum absolute atomic E-state index is 0.132. The minimum atomic E-state index is -4.28. The number of hydrogen-bond donors (Lipinski definition) is 3. The lowest BCUT2D eigenvalue weighted by molar-refractivity contribution is -0.336. The van der Waals surface area contributed by atoms with Crippen molar-refractivity contribution in [3.05, 3.63) is 66.8 Å². The number of rotatable bonds is 7. The first kappa shape index (κ1) is 27.2. The molecule has 2 bridgehead atoms. The average Bonchev–Trinajstić information content (AvgIpc) is 3.30. The van der Waals surface area contributed by atoms with Crippen LogP contribution in [0.1, 0.15) is 29.6 Å². The van der Waals surface area contributed by atoms with E-state index in [0.29, 0.717) is 33.6 Å². The van der Waals surface area contributed by atoms with Crippen LogP contribution in [0.2, 0.25) is 0 Å². The normalized spacial score (nSPS) is 20.8. The molecule has 216 valence electrons. The van der Waals surface area contributed by atoms with Crippen LogP contribution in [0.25, 0.3) is 27.9 Å². The molecule has 14 heteroatoms. The van der Waals surface area contributed by atoms with Gasteiger partial charge in [0.2, 0.25) is 0 Å². The Morgan fingerprint density at radius 1 is 1.10 bits per heavy atom. The molecule has 3 fully saturated rings. The molecule has 2 amide bonds. The van der Waals surface area contributed by atoms with Gasteiger partial charge in [0, 0.05) is 22.4 Å². The summed E-state index contributed by atoms with van der Waals surface area (Å²) < 4.78 is 59.7. The van der Waals surface area contributed by atoms with Gasteiger partial charge in [0.25, 0.3) is 11.8 Å². The fraction of sp³-hybridized carbons (Fsp3) is 0.250. The summed E-state index contributed by atoms with van der Waals surface area (Å²) in [5, 5.41) is 13.9. The number of benzene rings is 2. The Bertz CT molecular complexity index is 1760. The SMILES string of the molecule is C=C(F)C(=O)Nc1ccc(-c2nn3ncnc(N)c3c2-c2ccc(C(=O)NC34CC(C(F)(F)F)(C3)C4)c(OC)c2)cc1.